The maximum Gasteiger partial charge on any atom is 0.338 e. The number of hydrogen-bond acceptors (Lipinski definition) is 3. The molecule has 4 nitrogen and oxygen atoms in total. The van der Waals surface area contributed by atoms with Crippen molar-refractivity contribution in [3.63, 3.8) is 0 Å². The highest BCUT2D eigenvalue weighted by atomic mass is 79.9. The smallest absolute Gasteiger partial charge is 0.338 e. The highest BCUT2D eigenvalue weighted by Crippen LogP contribution is 2.31. The molecule has 1 aromatic heterocycles. The fourth-order valence-corrected chi connectivity index (χ4v) is 2.75. The van der Waals surface area contributed by atoms with Gasteiger partial charge in [-0.3, -0.25) is 4.79 Å². The van der Waals surface area contributed by atoms with Gasteiger partial charge in [0, 0.05) is 27.7 Å². The zero-order valence-corrected chi connectivity index (χ0v) is 13.2. The minimum Gasteiger partial charge on any atom is -0.465 e. The number of ether oxygens (including phenoxy) is 1. The summed E-state index contributed by atoms with van der Waals surface area (Å²) in [6, 6.07) is 3.84. The summed E-state index contributed by atoms with van der Waals surface area (Å²) in [6.07, 6.45) is 3.51. The highest BCUT2D eigenvalue weighted by molar-refractivity contribution is 9.10. The van der Waals surface area contributed by atoms with Crippen LogP contribution in [0, 0.1) is 0 Å². The van der Waals surface area contributed by atoms with Crippen LogP contribution in [0.3, 0.4) is 0 Å². The maximum atomic E-state index is 11.9. The van der Waals surface area contributed by atoms with Crippen LogP contribution >= 0.6 is 15.9 Å². The Kier molecular flexibility index (Phi) is 4.28. The average Bonchev–Trinajstić information content (AvgIpc) is 2.83. The summed E-state index contributed by atoms with van der Waals surface area (Å²) >= 11 is 3.41. The highest BCUT2D eigenvalue weighted by Gasteiger charge is 2.19. The molecular weight excluding hydrogens is 322 g/mol. The molecule has 0 saturated heterocycles. The summed E-state index contributed by atoms with van der Waals surface area (Å²) < 4.78 is 7.62. The van der Waals surface area contributed by atoms with Crippen molar-refractivity contribution in [2.75, 3.05) is 7.11 Å². The maximum absolute atomic E-state index is 11.9. The third kappa shape index (κ3) is 2.38. The first-order valence-corrected chi connectivity index (χ1v) is 7.20. The molecule has 0 N–H and O–H groups in total. The van der Waals surface area contributed by atoms with E-state index in [1.807, 2.05) is 10.6 Å². The molecule has 1 atom stereocenters. The number of fused-ring (bicyclic) bond motifs is 1. The van der Waals surface area contributed by atoms with Crippen LogP contribution in [-0.2, 0) is 4.74 Å². The topological polar surface area (TPSA) is 48.3 Å². The number of carbonyl (C=O) groups is 2. The van der Waals surface area contributed by atoms with Gasteiger partial charge in [0.05, 0.1) is 18.2 Å². The number of aldehydes is 1. The van der Waals surface area contributed by atoms with Crippen molar-refractivity contribution < 1.29 is 14.3 Å². The molecule has 0 radical (unpaired) electrons. The average molecular weight is 338 g/mol. The van der Waals surface area contributed by atoms with Crippen molar-refractivity contribution in [3.05, 3.63) is 33.9 Å². The minimum absolute atomic E-state index is 0.242. The van der Waals surface area contributed by atoms with E-state index in [9.17, 15) is 9.59 Å². The number of rotatable bonds is 4. The van der Waals surface area contributed by atoms with E-state index >= 15 is 0 Å². The molecule has 0 aliphatic carbocycles. The van der Waals surface area contributed by atoms with E-state index in [1.165, 1.54) is 7.11 Å². The van der Waals surface area contributed by atoms with Gasteiger partial charge in [-0.15, -0.1) is 0 Å². The molecule has 1 aromatic carbocycles. The van der Waals surface area contributed by atoms with Gasteiger partial charge in [-0.1, -0.05) is 22.9 Å². The Morgan fingerprint density at radius 3 is 2.75 bits per heavy atom. The molecule has 1 unspecified atom stereocenters. The quantitative estimate of drug-likeness (QED) is 0.626. The van der Waals surface area contributed by atoms with Gasteiger partial charge >= 0.3 is 5.97 Å². The van der Waals surface area contributed by atoms with Crippen molar-refractivity contribution in [1.82, 2.24) is 4.57 Å². The largest absolute Gasteiger partial charge is 0.465 e. The van der Waals surface area contributed by atoms with Gasteiger partial charge in [0.25, 0.3) is 0 Å². The summed E-state index contributed by atoms with van der Waals surface area (Å²) in [7, 11) is 1.33. The van der Waals surface area contributed by atoms with Crippen LogP contribution in [0.5, 0.6) is 0 Å². The normalized spacial score (nSPS) is 12.4. The lowest BCUT2D eigenvalue weighted by atomic mass is 10.1. The summed E-state index contributed by atoms with van der Waals surface area (Å²) in [4.78, 5) is 23.2. The van der Waals surface area contributed by atoms with Gasteiger partial charge in [0.2, 0.25) is 0 Å². The van der Waals surface area contributed by atoms with Crippen LogP contribution in [0.15, 0.2) is 22.8 Å². The summed E-state index contributed by atoms with van der Waals surface area (Å²) in [6.45, 7) is 4.16. The van der Waals surface area contributed by atoms with Crippen LogP contribution < -0.4 is 0 Å². The Morgan fingerprint density at radius 1 is 1.50 bits per heavy atom. The third-order valence-corrected chi connectivity index (χ3v) is 3.98. The van der Waals surface area contributed by atoms with E-state index in [0.717, 1.165) is 22.7 Å². The fraction of sp³-hybridized carbons (Fsp3) is 0.333. The van der Waals surface area contributed by atoms with E-state index in [2.05, 4.69) is 29.8 Å². The number of esters is 1. The lowest BCUT2D eigenvalue weighted by Crippen LogP contribution is -2.04. The number of halogens is 1. The molecule has 1 heterocycles. The van der Waals surface area contributed by atoms with Gasteiger partial charge in [0.1, 0.15) is 0 Å². The van der Waals surface area contributed by atoms with E-state index < -0.39 is 5.97 Å². The molecule has 0 amide bonds. The van der Waals surface area contributed by atoms with Crippen molar-refractivity contribution in [2.24, 2.45) is 0 Å². The number of carbonyl (C=O) groups excluding carboxylic acids is 2. The molecular formula is C15H16BrNO3. The van der Waals surface area contributed by atoms with Crippen LogP contribution in [0.25, 0.3) is 10.9 Å². The molecule has 2 aromatic rings. The molecule has 0 saturated carbocycles. The van der Waals surface area contributed by atoms with E-state index in [-0.39, 0.29) is 6.04 Å². The number of aromatic nitrogens is 1. The Labute approximate surface area is 125 Å². The van der Waals surface area contributed by atoms with E-state index in [1.54, 1.807) is 12.3 Å². The number of methoxy groups -OCH3 is 1. The number of benzene rings is 1. The molecule has 0 aliphatic rings. The Bertz CT molecular complexity index is 675. The molecule has 20 heavy (non-hydrogen) atoms. The van der Waals surface area contributed by atoms with Gasteiger partial charge < -0.3 is 9.30 Å². The summed E-state index contributed by atoms with van der Waals surface area (Å²) in [5.74, 6) is -0.443. The Morgan fingerprint density at radius 2 is 2.20 bits per heavy atom. The lowest BCUT2D eigenvalue weighted by molar-refractivity contribution is 0.0603. The predicted molar refractivity (Wildman–Crippen MR) is 81.4 cm³/mol. The first-order valence-electron chi connectivity index (χ1n) is 6.41. The fourth-order valence-electron chi connectivity index (χ4n) is 2.31. The van der Waals surface area contributed by atoms with Crippen molar-refractivity contribution >= 4 is 39.1 Å². The molecule has 0 spiro atoms. The SMILES string of the molecule is CCC(C)n1cc(C=O)c2c(C(=O)OC)cc(Br)cc21. The zero-order valence-electron chi connectivity index (χ0n) is 11.6. The van der Waals surface area contributed by atoms with Crippen LogP contribution in [0.1, 0.15) is 47.0 Å². The minimum atomic E-state index is -0.443. The Balaban J connectivity index is 2.86. The Hall–Kier alpha value is -1.62. The van der Waals surface area contributed by atoms with E-state index in [4.69, 9.17) is 4.74 Å². The monoisotopic (exact) mass is 337 g/mol. The number of nitrogens with zero attached hydrogens (tertiary/aromatic N) is 1. The van der Waals surface area contributed by atoms with Gasteiger partial charge in [-0.05, 0) is 25.5 Å². The zero-order chi connectivity index (χ0) is 14.9. The molecule has 5 heteroatoms. The van der Waals surface area contributed by atoms with Crippen molar-refractivity contribution in [3.8, 4) is 0 Å². The first kappa shape index (κ1) is 14.8. The number of hydrogen-bond donors (Lipinski definition) is 0. The molecule has 0 aliphatic heterocycles. The lowest BCUT2D eigenvalue weighted by Gasteiger charge is -2.13. The summed E-state index contributed by atoms with van der Waals surface area (Å²) in [5.41, 5.74) is 1.77. The second-order valence-corrected chi connectivity index (χ2v) is 5.62. The van der Waals surface area contributed by atoms with E-state index in [0.29, 0.717) is 16.5 Å². The van der Waals surface area contributed by atoms with Crippen LogP contribution in [0.4, 0.5) is 0 Å². The molecule has 0 fully saturated rings. The molecule has 106 valence electrons. The second kappa shape index (κ2) is 5.79. The van der Waals surface area contributed by atoms with Gasteiger partial charge in [-0.2, -0.15) is 0 Å². The standard InChI is InChI=1S/C15H16BrNO3/c1-4-9(2)17-7-10(8-18)14-12(15(19)20-3)5-11(16)6-13(14)17/h5-9H,4H2,1-3H3. The van der Waals surface area contributed by atoms with Gasteiger partial charge in [0.15, 0.2) is 6.29 Å². The van der Waals surface area contributed by atoms with Crippen molar-refractivity contribution in [1.29, 1.82) is 0 Å². The van der Waals surface area contributed by atoms with Crippen molar-refractivity contribution in [2.45, 2.75) is 26.3 Å². The third-order valence-electron chi connectivity index (χ3n) is 3.53. The van der Waals surface area contributed by atoms with Crippen LogP contribution in [-0.4, -0.2) is 23.9 Å². The van der Waals surface area contributed by atoms with Crippen LogP contribution in [0.2, 0.25) is 0 Å². The predicted octanol–water partition coefficient (Wildman–Crippen LogP) is 3.97. The summed E-state index contributed by atoms with van der Waals surface area (Å²) in [5, 5.41) is 0.648. The molecule has 0 bridgehead atoms. The second-order valence-electron chi connectivity index (χ2n) is 4.71. The van der Waals surface area contributed by atoms with Gasteiger partial charge in [-0.25, -0.2) is 4.79 Å². The first-order chi connectivity index (χ1) is 9.53. The molecule has 2 rings (SSSR count).